The minimum atomic E-state index is -4.36. The zero-order chi connectivity index (χ0) is 23.5. The molecule has 1 unspecified atom stereocenters. The molecule has 33 heavy (non-hydrogen) atoms. The third-order valence-electron chi connectivity index (χ3n) is 6.70. The molecule has 0 aliphatic carbocycles. The molecule has 0 saturated carbocycles. The van der Waals surface area contributed by atoms with Crippen LogP contribution >= 0.6 is 0 Å². The van der Waals surface area contributed by atoms with Crippen molar-refractivity contribution in [2.45, 2.75) is 147 Å². The molecule has 0 aliphatic heterocycles. The summed E-state index contributed by atoms with van der Waals surface area (Å²) in [5.41, 5.74) is 1.18. The molecule has 1 aromatic carbocycles. The Labute approximate surface area is 228 Å². The van der Waals surface area contributed by atoms with E-state index in [2.05, 4.69) is 13.8 Å². The third kappa shape index (κ3) is 17.2. The first-order valence-corrected chi connectivity index (χ1v) is 15.0. The Morgan fingerprint density at radius 1 is 0.606 bits per heavy atom. The monoisotopic (exact) mass is 488 g/mol. The molecule has 0 aromatic heterocycles. The van der Waals surface area contributed by atoms with Crippen LogP contribution in [-0.2, 0) is 10.1 Å². The summed E-state index contributed by atoms with van der Waals surface area (Å²) in [7, 11) is -4.36. The van der Waals surface area contributed by atoms with Gasteiger partial charge in [0.1, 0.15) is 10.1 Å². The Morgan fingerprint density at radius 3 is 1.36 bits per heavy atom. The van der Waals surface area contributed by atoms with Gasteiger partial charge in [-0.05, 0) is 36.5 Å². The Bertz CT molecular complexity index is 658. The van der Waals surface area contributed by atoms with E-state index in [-0.39, 0.29) is 34.5 Å². The van der Waals surface area contributed by atoms with E-state index in [9.17, 15) is 13.0 Å². The first-order valence-electron chi connectivity index (χ1n) is 13.5. The van der Waals surface area contributed by atoms with Gasteiger partial charge in [-0.25, -0.2) is 8.42 Å². The second kappa shape index (κ2) is 21.4. The van der Waals surface area contributed by atoms with E-state index in [0.29, 0.717) is 5.92 Å². The first-order chi connectivity index (χ1) is 15.5. The zero-order valence-electron chi connectivity index (χ0n) is 22.0. The quantitative estimate of drug-likeness (QED) is 0.119. The molecule has 0 spiro atoms. The van der Waals surface area contributed by atoms with Gasteiger partial charge in [0.05, 0.1) is 4.90 Å². The molecule has 0 amide bonds. The van der Waals surface area contributed by atoms with Gasteiger partial charge in [-0.3, -0.25) is 0 Å². The van der Waals surface area contributed by atoms with E-state index in [1.165, 1.54) is 127 Å². The second-order valence-corrected chi connectivity index (χ2v) is 11.0. The van der Waals surface area contributed by atoms with Crippen LogP contribution in [0.25, 0.3) is 0 Å². The van der Waals surface area contributed by atoms with Gasteiger partial charge in [0, 0.05) is 0 Å². The standard InChI is InChI=1S/C28H50O3S.Na/c1-3-5-7-8-9-10-11-12-13-14-15-16-17-18-19-21-26(20-6-4-2)27-22-24-28(25-23-27)32(29,30)31;/h22-26H,3-21H2,1-2H3,(H,29,30,31);/q;+1/p-1. The molecule has 0 radical (unpaired) electrons. The minimum absolute atomic E-state index is 0. The molecule has 0 aliphatic rings. The summed E-state index contributed by atoms with van der Waals surface area (Å²) in [5, 5.41) is 0. The number of rotatable bonds is 21. The predicted molar refractivity (Wildman–Crippen MR) is 136 cm³/mol. The van der Waals surface area contributed by atoms with Crippen molar-refractivity contribution in [2.75, 3.05) is 0 Å². The van der Waals surface area contributed by atoms with Crippen LogP contribution in [0.3, 0.4) is 0 Å². The zero-order valence-corrected chi connectivity index (χ0v) is 24.8. The van der Waals surface area contributed by atoms with E-state index in [4.69, 9.17) is 0 Å². The van der Waals surface area contributed by atoms with Crippen LogP contribution < -0.4 is 29.6 Å². The fourth-order valence-electron chi connectivity index (χ4n) is 4.60. The molecular formula is C28H49NaO3S. The van der Waals surface area contributed by atoms with E-state index in [0.717, 1.165) is 12.8 Å². The molecule has 1 rings (SSSR count). The number of unbranched alkanes of at least 4 members (excludes halogenated alkanes) is 15. The minimum Gasteiger partial charge on any atom is -0.744 e. The third-order valence-corrected chi connectivity index (χ3v) is 7.55. The van der Waals surface area contributed by atoms with Gasteiger partial charge in [0.25, 0.3) is 0 Å². The molecule has 5 heteroatoms. The van der Waals surface area contributed by atoms with E-state index in [1.54, 1.807) is 0 Å². The van der Waals surface area contributed by atoms with Gasteiger partial charge < -0.3 is 4.55 Å². The molecule has 0 saturated heterocycles. The normalized spacial score (nSPS) is 12.5. The van der Waals surface area contributed by atoms with Gasteiger partial charge >= 0.3 is 29.6 Å². The van der Waals surface area contributed by atoms with Crippen molar-refractivity contribution in [3.05, 3.63) is 29.8 Å². The first kappa shape index (κ1) is 33.1. The van der Waals surface area contributed by atoms with Crippen LogP contribution in [0.1, 0.15) is 147 Å². The number of hydrogen-bond acceptors (Lipinski definition) is 3. The SMILES string of the molecule is CCCCCCCCCCCCCCCCCC(CCCC)c1ccc(S(=O)(=O)[O-])cc1.[Na+]. The maximum absolute atomic E-state index is 11.2. The van der Waals surface area contributed by atoms with Crippen LogP contribution in [0.15, 0.2) is 29.2 Å². The maximum Gasteiger partial charge on any atom is 1.00 e. The van der Waals surface area contributed by atoms with Crippen molar-refractivity contribution in [1.82, 2.24) is 0 Å². The summed E-state index contributed by atoms with van der Waals surface area (Å²) in [5.74, 6) is 0.473. The predicted octanol–water partition coefficient (Wildman–Crippen LogP) is 6.13. The average Bonchev–Trinajstić information content (AvgIpc) is 2.78. The summed E-state index contributed by atoms with van der Waals surface area (Å²) in [6.07, 6.45) is 25.3. The van der Waals surface area contributed by atoms with E-state index in [1.807, 2.05) is 12.1 Å². The second-order valence-electron chi connectivity index (χ2n) is 9.60. The number of benzene rings is 1. The van der Waals surface area contributed by atoms with Crippen molar-refractivity contribution in [2.24, 2.45) is 0 Å². The van der Waals surface area contributed by atoms with Crippen molar-refractivity contribution < 1.29 is 42.5 Å². The molecule has 1 aromatic rings. The summed E-state index contributed by atoms with van der Waals surface area (Å²) < 4.78 is 33.5. The van der Waals surface area contributed by atoms with Crippen molar-refractivity contribution in [3.8, 4) is 0 Å². The molecule has 0 fully saturated rings. The largest absolute Gasteiger partial charge is 1.00 e. The Morgan fingerprint density at radius 2 is 0.970 bits per heavy atom. The molecular weight excluding hydrogens is 439 g/mol. The van der Waals surface area contributed by atoms with Gasteiger partial charge in [0.15, 0.2) is 0 Å². The fraction of sp³-hybridized carbons (Fsp3) is 0.786. The maximum atomic E-state index is 11.2. The molecule has 0 heterocycles. The summed E-state index contributed by atoms with van der Waals surface area (Å²) in [4.78, 5) is -0.123. The van der Waals surface area contributed by atoms with Crippen molar-refractivity contribution >= 4 is 10.1 Å². The Hall–Kier alpha value is 0.130. The van der Waals surface area contributed by atoms with Crippen molar-refractivity contribution in [3.63, 3.8) is 0 Å². The van der Waals surface area contributed by atoms with Crippen LogP contribution in [0, 0.1) is 0 Å². The molecule has 0 N–H and O–H groups in total. The van der Waals surface area contributed by atoms with Crippen LogP contribution in [0.5, 0.6) is 0 Å². The van der Waals surface area contributed by atoms with E-state index >= 15 is 0 Å². The number of hydrogen-bond donors (Lipinski definition) is 0. The van der Waals surface area contributed by atoms with Crippen LogP contribution in [0.4, 0.5) is 0 Å². The summed E-state index contributed by atoms with van der Waals surface area (Å²) in [6.45, 7) is 4.48. The van der Waals surface area contributed by atoms with Gasteiger partial charge in [0.2, 0.25) is 0 Å². The Kier molecular flexibility index (Phi) is 21.5. The molecule has 186 valence electrons. The average molecular weight is 489 g/mol. The van der Waals surface area contributed by atoms with Gasteiger partial charge in [-0.1, -0.05) is 135 Å². The van der Waals surface area contributed by atoms with Crippen LogP contribution in [0.2, 0.25) is 0 Å². The van der Waals surface area contributed by atoms with E-state index < -0.39 is 10.1 Å². The van der Waals surface area contributed by atoms with Crippen LogP contribution in [-0.4, -0.2) is 13.0 Å². The molecule has 0 bridgehead atoms. The fourth-order valence-corrected chi connectivity index (χ4v) is 5.07. The van der Waals surface area contributed by atoms with Gasteiger partial charge in [-0.2, -0.15) is 0 Å². The Balaban J connectivity index is 0.0000102. The molecule has 1 atom stereocenters. The molecule has 3 nitrogen and oxygen atoms in total. The summed E-state index contributed by atoms with van der Waals surface area (Å²) in [6, 6.07) is 6.64. The smallest absolute Gasteiger partial charge is 0.744 e. The topological polar surface area (TPSA) is 57.2 Å². The van der Waals surface area contributed by atoms with Crippen molar-refractivity contribution in [1.29, 1.82) is 0 Å². The summed E-state index contributed by atoms with van der Waals surface area (Å²) >= 11 is 0. The van der Waals surface area contributed by atoms with Gasteiger partial charge in [-0.15, -0.1) is 0 Å².